The highest BCUT2D eigenvalue weighted by Gasteiger charge is 2.34. The number of rotatable bonds is 10. The van der Waals surface area contributed by atoms with E-state index in [2.05, 4.69) is 5.32 Å². The molecule has 1 atom stereocenters. The maximum atomic E-state index is 14.0. The zero-order valence-electron chi connectivity index (χ0n) is 23.9. The number of carbonyl (C=O) groups is 2. The van der Waals surface area contributed by atoms with Crippen molar-refractivity contribution < 1.29 is 22.7 Å². The number of aryl methyl sites for hydroxylation is 1. The second-order valence-corrected chi connectivity index (χ2v) is 13.3. The summed E-state index contributed by atoms with van der Waals surface area (Å²) in [7, 11) is -2.79. The molecule has 220 valence electrons. The number of amides is 2. The average Bonchev–Trinajstić information content (AvgIpc) is 2.90. The van der Waals surface area contributed by atoms with Crippen LogP contribution in [0.15, 0.2) is 71.6 Å². The molecule has 0 aliphatic heterocycles. The lowest BCUT2D eigenvalue weighted by Crippen LogP contribution is -2.54. The summed E-state index contributed by atoms with van der Waals surface area (Å²) in [5, 5.41) is 3.48. The van der Waals surface area contributed by atoms with Crippen molar-refractivity contribution in [1.29, 1.82) is 0 Å². The predicted molar refractivity (Wildman–Crippen MR) is 163 cm³/mol. The molecule has 0 spiro atoms. The summed E-state index contributed by atoms with van der Waals surface area (Å²) in [4.78, 5) is 28.6. The van der Waals surface area contributed by atoms with E-state index in [9.17, 15) is 18.0 Å². The molecular formula is C30H35Cl2N3O5S. The molecule has 1 N–H and O–H groups in total. The van der Waals surface area contributed by atoms with E-state index in [4.69, 9.17) is 27.9 Å². The van der Waals surface area contributed by atoms with E-state index in [0.29, 0.717) is 16.3 Å². The Bertz CT molecular complexity index is 1510. The number of hydrogen-bond donors (Lipinski definition) is 1. The van der Waals surface area contributed by atoms with Crippen molar-refractivity contribution in [3.63, 3.8) is 0 Å². The van der Waals surface area contributed by atoms with Crippen LogP contribution in [-0.2, 0) is 26.2 Å². The summed E-state index contributed by atoms with van der Waals surface area (Å²) in [5.74, 6) is -0.648. The fraction of sp³-hybridized carbons (Fsp3) is 0.333. The van der Waals surface area contributed by atoms with Gasteiger partial charge in [-0.1, -0.05) is 59.1 Å². The Morgan fingerprint density at radius 2 is 1.61 bits per heavy atom. The Morgan fingerprint density at radius 1 is 0.976 bits per heavy atom. The molecule has 3 aromatic carbocycles. The van der Waals surface area contributed by atoms with Crippen LogP contribution in [0.25, 0.3) is 0 Å². The van der Waals surface area contributed by atoms with E-state index in [0.717, 1.165) is 9.87 Å². The van der Waals surface area contributed by atoms with Gasteiger partial charge in [-0.15, -0.1) is 0 Å². The van der Waals surface area contributed by atoms with E-state index in [1.165, 1.54) is 42.3 Å². The van der Waals surface area contributed by atoms with Crippen molar-refractivity contribution in [3.8, 4) is 5.75 Å². The molecular weight excluding hydrogens is 585 g/mol. The zero-order chi connectivity index (χ0) is 30.5. The Balaban J connectivity index is 2.09. The first-order valence-electron chi connectivity index (χ1n) is 12.9. The van der Waals surface area contributed by atoms with Gasteiger partial charge in [-0.3, -0.25) is 13.9 Å². The first kappa shape index (κ1) is 32.2. The number of carbonyl (C=O) groups excluding carboxylic acids is 2. The highest BCUT2D eigenvalue weighted by molar-refractivity contribution is 7.92. The molecule has 11 heteroatoms. The molecule has 3 rings (SSSR count). The maximum absolute atomic E-state index is 14.0. The van der Waals surface area contributed by atoms with E-state index in [1.54, 1.807) is 43.3 Å². The Morgan fingerprint density at radius 3 is 2.17 bits per heavy atom. The van der Waals surface area contributed by atoms with E-state index >= 15 is 0 Å². The number of halogens is 2. The average molecular weight is 621 g/mol. The Labute approximate surface area is 252 Å². The standard InChI is InChI=1S/C30H35Cl2N3O5S/c1-20-11-14-24(15-12-20)41(38,39)35(23-13-16-27(40-6)26(32)17-23)19-28(36)34(18-22-9-7-8-10-25(22)31)21(2)29(37)33-30(3,4)5/h7-17,21H,18-19H2,1-6H3,(H,33,37). The fourth-order valence-corrected chi connectivity index (χ4v) is 5.90. The molecule has 0 heterocycles. The van der Waals surface area contributed by atoms with Gasteiger partial charge in [0.05, 0.1) is 22.7 Å². The smallest absolute Gasteiger partial charge is 0.264 e. The van der Waals surface area contributed by atoms with Crippen LogP contribution in [-0.4, -0.2) is 50.4 Å². The summed E-state index contributed by atoms with van der Waals surface area (Å²) in [6.45, 7) is 8.33. The molecule has 2 amide bonds. The number of sulfonamides is 1. The quantitative estimate of drug-likeness (QED) is 0.308. The highest BCUT2D eigenvalue weighted by atomic mass is 35.5. The van der Waals surface area contributed by atoms with Gasteiger partial charge in [0.25, 0.3) is 10.0 Å². The SMILES string of the molecule is COc1ccc(N(CC(=O)N(Cc2ccccc2Cl)C(C)C(=O)NC(C)(C)C)S(=O)(=O)c2ccc(C)cc2)cc1Cl. The molecule has 41 heavy (non-hydrogen) atoms. The monoisotopic (exact) mass is 619 g/mol. The molecule has 0 aromatic heterocycles. The topological polar surface area (TPSA) is 96.0 Å². The van der Waals surface area contributed by atoms with Crippen LogP contribution in [0.2, 0.25) is 10.0 Å². The molecule has 0 radical (unpaired) electrons. The molecule has 0 fully saturated rings. The molecule has 0 aliphatic rings. The van der Waals surface area contributed by atoms with E-state index < -0.39 is 40.0 Å². The van der Waals surface area contributed by atoms with Crippen molar-refractivity contribution in [3.05, 3.63) is 87.9 Å². The molecule has 1 unspecified atom stereocenters. The lowest BCUT2D eigenvalue weighted by atomic mass is 10.1. The van der Waals surface area contributed by atoms with Gasteiger partial charge in [-0.05, 0) is 76.6 Å². The van der Waals surface area contributed by atoms with Crippen molar-refractivity contribution in [2.45, 2.75) is 57.6 Å². The third-order valence-electron chi connectivity index (χ3n) is 6.28. The van der Waals surface area contributed by atoms with Gasteiger partial charge in [0.2, 0.25) is 11.8 Å². The zero-order valence-corrected chi connectivity index (χ0v) is 26.3. The number of hydrogen-bond acceptors (Lipinski definition) is 5. The molecule has 0 saturated heterocycles. The third kappa shape index (κ3) is 8.15. The van der Waals surface area contributed by atoms with Gasteiger partial charge in [0.15, 0.2) is 0 Å². The van der Waals surface area contributed by atoms with Crippen LogP contribution in [0.4, 0.5) is 5.69 Å². The Kier molecular flexibility index (Phi) is 10.3. The largest absolute Gasteiger partial charge is 0.495 e. The van der Waals surface area contributed by atoms with Crippen LogP contribution >= 0.6 is 23.2 Å². The van der Waals surface area contributed by atoms with Gasteiger partial charge < -0.3 is 15.0 Å². The van der Waals surface area contributed by atoms with Crippen LogP contribution in [0, 0.1) is 6.92 Å². The number of anilines is 1. The van der Waals surface area contributed by atoms with Crippen LogP contribution < -0.4 is 14.4 Å². The van der Waals surface area contributed by atoms with Gasteiger partial charge in [0, 0.05) is 17.1 Å². The number of nitrogens with one attached hydrogen (secondary N) is 1. The molecule has 0 aliphatic carbocycles. The number of benzene rings is 3. The first-order chi connectivity index (χ1) is 19.1. The lowest BCUT2D eigenvalue weighted by molar-refractivity contribution is -0.140. The normalized spacial score (nSPS) is 12.4. The van der Waals surface area contributed by atoms with Crippen molar-refractivity contribution in [2.75, 3.05) is 18.0 Å². The molecule has 3 aromatic rings. The summed E-state index contributed by atoms with van der Waals surface area (Å²) < 4.78 is 34.1. The minimum absolute atomic E-state index is 0.000909. The summed E-state index contributed by atoms with van der Waals surface area (Å²) in [5.41, 5.74) is 1.10. The van der Waals surface area contributed by atoms with Crippen LogP contribution in [0.1, 0.15) is 38.8 Å². The van der Waals surface area contributed by atoms with Crippen LogP contribution in [0.3, 0.4) is 0 Å². The maximum Gasteiger partial charge on any atom is 0.264 e. The third-order valence-corrected chi connectivity index (χ3v) is 8.73. The van der Waals surface area contributed by atoms with Crippen molar-refractivity contribution >= 4 is 50.7 Å². The second-order valence-electron chi connectivity index (χ2n) is 10.7. The number of nitrogens with zero attached hydrogens (tertiary/aromatic N) is 2. The minimum Gasteiger partial charge on any atom is -0.495 e. The van der Waals surface area contributed by atoms with Crippen LogP contribution in [0.5, 0.6) is 5.75 Å². The highest BCUT2D eigenvalue weighted by Crippen LogP contribution is 2.32. The molecule has 8 nitrogen and oxygen atoms in total. The summed E-state index contributed by atoms with van der Waals surface area (Å²) in [6, 6.07) is 16.8. The molecule has 0 saturated carbocycles. The predicted octanol–water partition coefficient (Wildman–Crippen LogP) is 5.84. The number of methoxy groups -OCH3 is 1. The number of ether oxygens (including phenoxy) is 1. The lowest BCUT2D eigenvalue weighted by Gasteiger charge is -2.33. The van der Waals surface area contributed by atoms with Crippen molar-refractivity contribution in [1.82, 2.24) is 10.2 Å². The van der Waals surface area contributed by atoms with Crippen molar-refractivity contribution in [2.24, 2.45) is 0 Å². The summed E-state index contributed by atoms with van der Waals surface area (Å²) >= 11 is 12.8. The molecule has 0 bridgehead atoms. The minimum atomic E-state index is -4.23. The fourth-order valence-electron chi connectivity index (χ4n) is 4.04. The van der Waals surface area contributed by atoms with Gasteiger partial charge >= 0.3 is 0 Å². The first-order valence-corrected chi connectivity index (χ1v) is 15.1. The Hall–Kier alpha value is -3.27. The second kappa shape index (κ2) is 13.1. The van der Waals surface area contributed by atoms with E-state index in [1.807, 2.05) is 27.7 Å². The van der Waals surface area contributed by atoms with Gasteiger partial charge in [-0.25, -0.2) is 8.42 Å². The van der Waals surface area contributed by atoms with Gasteiger partial charge in [-0.2, -0.15) is 0 Å². The van der Waals surface area contributed by atoms with E-state index in [-0.39, 0.29) is 22.2 Å². The van der Waals surface area contributed by atoms with Gasteiger partial charge in [0.1, 0.15) is 18.3 Å². The summed E-state index contributed by atoms with van der Waals surface area (Å²) in [6.07, 6.45) is 0.